The lowest BCUT2D eigenvalue weighted by molar-refractivity contribution is -0.114. The Morgan fingerprint density at radius 1 is 1.02 bits per heavy atom. The molecule has 0 bridgehead atoms. The molecule has 41 heavy (non-hydrogen) atoms. The lowest BCUT2D eigenvalue weighted by Gasteiger charge is -2.36. The minimum Gasteiger partial charge on any atom is -0.449 e. The molecule has 0 atom stereocenters. The molecule has 2 heterocycles. The normalized spacial score (nSPS) is 13.7. The van der Waals surface area contributed by atoms with Crippen molar-refractivity contribution >= 4 is 28.9 Å². The number of halogens is 2. The van der Waals surface area contributed by atoms with Gasteiger partial charge < -0.3 is 20.1 Å². The number of ether oxygens (including phenoxy) is 1. The van der Waals surface area contributed by atoms with E-state index < -0.39 is 11.4 Å². The van der Waals surface area contributed by atoms with Crippen molar-refractivity contribution in [1.82, 2.24) is 14.7 Å². The van der Waals surface area contributed by atoms with Crippen LogP contribution < -0.4 is 20.5 Å². The Kier molecular flexibility index (Phi) is 8.63. The molecule has 2 N–H and O–H groups in total. The van der Waals surface area contributed by atoms with Crippen LogP contribution in [0.1, 0.15) is 6.92 Å². The third-order valence-electron chi connectivity index (χ3n) is 6.80. The summed E-state index contributed by atoms with van der Waals surface area (Å²) in [6.45, 7) is 4.75. The van der Waals surface area contributed by atoms with Crippen LogP contribution in [0.2, 0.25) is 5.02 Å². The van der Waals surface area contributed by atoms with Gasteiger partial charge in [0.1, 0.15) is 17.3 Å². The van der Waals surface area contributed by atoms with Crippen molar-refractivity contribution in [3.8, 4) is 28.3 Å². The maximum atomic E-state index is 14.1. The molecule has 0 radical (unpaired) electrons. The van der Waals surface area contributed by atoms with Crippen LogP contribution in [0, 0.1) is 5.82 Å². The van der Waals surface area contributed by atoms with E-state index in [0.29, 0.717) is 47.3 Å². The summed E-state index contributed by atoms with van der Waals surface area (Å²) in [5.41, 5.74) is 2.27. The van der Waals surface area contributed by atoms with Crippen LogP contribution in [0.5, 0.6) is 11.5 Å². The maximum absolute atomic E-state index is 14.1. The Morgan fingerprint density at radius 2 is 1.71 bits per heavy atom. The van der Waals surface area contributed by atoms with E-state index in [0.717, 1.165) is 18.7 Å². The largest absolute Gasteiger partial charge is 0.449 e. The smallest absolute Gasteiger partial charge is 0.316 e. The number of β-amino-alcohol motifs (C(OH)–C–C–N with tert-alkyl or cyclic N) is 1. The van der Waals surface area contributed by atoms with E-state index in [4.69, 9.17) is 16.3 Å². The summed E-state index contributed by atoms with van der Waals surface area (Å²) in [6.07, 6.45) is 1.63. The molecule has 9 nitrogen and oxygen atoms in total. The Balaban J connectivity index is 1.46. The predicted octanol–water partition coefficient (Wildman–Crippen LogP) is 4.56. The highest BCUT2D eigenvalue weighted by molar-refractivity contribution is 6.30. The van der Waals surface area contributed by atoms with Gasteiger partial charge in [-0.2, -0.15) is 9.78 Å². The van der Waals surface area contributed by atoms with Crippen LogP contribution in [-0.2, 0) is 4.79 Å². The second-order valence-corrected chi connectivity index (χ2v) is 10.0. The average Bonchev–Trinajstić information content (AvgIpc) is 2.97. The Morgan fingerprint density at radius 3 is 2.37 bits per heavy atom. The highest BCUT2D eigenvalue weighted by atomic mass is 35.5. The molecule has 5 rings (SSSR count). The van der Waals surface area contributed by atoms with E-state index in [2.05, 4.69) is 20.2 Å². The van der Waals surface area contributed by atoms with Crippen LogP contribution in [0.3, 0.4) is 0 Å². The van der Waals surface area contributed by atoms with E-state index in [-0.39, 0.29) is 24.0 Å². The van der Waals surface area contributed by atoms with E-state index in [9.17, 15) is 19.1 Å². The van der Waals surface area contributed by atoms with Crippen molar-refractivity contribution in [2.75, 3.05) is 49.5 Å². The second kappa shape index (κ2) is 12.5. The van der Waals surface area contributed by atoms with Crippen molar-refractivity contribution in [2.45, 2.75) is 6.92 Å². The number of piperazine rings is 1. The molecule has 1 saturated heterocycles. The van der Waals surface area contributed by atoms with Gasteiger partial charge in [0, 0.05) is 44.7 Å². The molecular weight excluding hydrogens is 549 g/mol. The zero-order valence-corrected chi connectivity index (χ0v) is 23.1. The van der Waals surface area contributed by atoms with Gasteiger partial charge in [0.15, 0.2) is 0 Å². The number of amides is 1. The van der Waals surface area contributed by atoms with Gasteiger partial charge in [-0.25, -0.2) is 4.39 Å². The molecule has 212 valence electrons. The van der Waals surface area contributed by atoms with Crippen LogP contribution in [0.4, 0.5) is 15.8 Å². The Bertz CT molecular complexity index is 1590. The highest BCUT2D eigenvalue weighted by Crippen LogP contribution is 2.32. The van der Waals surface area contributed by atoms with Gasteiger partial charge in [-0.1, -0.05) is 29.8 Å². The molecule has 0 unspecified atom stereocenters. The number of nitrogens with one attached hydrogen (secondary N) is 1. The van der Waals surface area contributed by atoms with Gasteiger partial charge >= 0.3 is 5.56 Å². The number of aliphatic hydroxyl groups excluding tert-OH is 1. The first-order valence-corrected chi connectivity index (χ1v) is 13.5. The van der Waals surface area contributed by atoms with Crippen molar-refractivity contribution in [3.05, 3.63) is 94.1 Å². The number of hydrogen-bond acceptors (Lipinski definition) is 7. The fourth-order valence-corrected chi connectivity index (χ4v) is 4.82. The number of carbonyl (C=O) groups excluding carboxylic acids is 1. The molecule has 1 amide bonds. The van der Waals surface area contributed by atoms with Crippen molar-refractivity contribution in [1.29, 1.82) is 0 Å². The highest BCUT2D eigenvalue weighted by Gasteiger charge is 2.24. The summed E-state index contributed by atoms with van der Waals surface area (Å²) in [4.78, 5) is 29.4. The van der Waals surface area contributed by atoms with E-state index >= 15 is 0 Å². The SMILES string of the molecule is CC(=O)Nc1cc(-c2ccc(Oc3c(N4CCN(CCO)CC4)cnn(-c4ccc(Cl)cc4)c3=O)cc2)ccc1F. The molecule has 3 aromatic carbocycles. The minimum absolute atomic E-state index is 0.0928. The maximum Gasteiger partial charge on any atom is 0.316 e. The average molecular weight is 578 g/mol. The molecule has 1 aliphatic rings. The van der Waals surface area contributed by atoms with Gasteiger partial charge in [0.2, 0.25) is 11.7 Å². The third kappa shape index (κ3) is 6.57. The van der Waals surface area contributed by atoms with Crippen LogP contribution in [0.25, 0.3) is 16.8 Å². The molecule has 0 spiro atoms. The summed E-state index contributed by atoms with van der Waals surface area (Å²) in [5, 5.41) is 16.7. The number of benzene rings is 3. The first-order valence-electron chi connectivity index (χ1n) is 13.1. The Hall–Kier alpha value is -4.25. The number of hydrogen-bond donors (Lipinski definition) is 2. The van der Waals surface area contributed by atoms with Gasteiger partial charge in [0.25, 0.3) is 0 Å². The lowest BCUT2D eigenvalue weighted by atomic mass is 10.0. The minimum atomic E-state index is -0.525. The fraction of sp³-hybridized carbons (Fsp3) is 0.233. The fourth-order valence-electron chi connectivity index (χ4n) is 4.69. The second-order valence-electron chi connectivity index (χ2n) is 9.61. The standard InChI is InChI=1S/C30H29ClFN5O4/c1-20(39)34-27-18-22(4-11-26(27)32)21-2-9-25(10-3-21)41-29-28(36-14-12-35(13-15-36)16-17-38)19-33-37(30(29)40)24-7-5-23(31)6-8-24/h2-11,18-19,38H,12-17H2,1H3,(H,34,39). The summed E-state index contributed by atoms with van der Waals surface area (Å²) in [7, 11) is 0. The van der Waals surface area contributed by atoms with Crippen LogP contribution in [0.15, 0.2) is 77.7 Å². The third-order valence-corrected chi connectivity index (χ3v) is 7.05. The summed E-state index contributed by atoms with van der Waals surface area (Å²) >= 11 is 6.04. The molecule has 0 saturated carbocycles. The lowest BCUT2D eigenvalue weighted by Crippen LogP contribution is -2.47. The van der Waals surface area contributed by atoms with Gasteiger partial charge in [0.05, 0.1) is 24.2 Å². The van der Waals surface area contributed by atoms with Crippen molar-refractivity contribution in [3.63, 3.8) is 0 Å². The van der Waals surface area contributed by atoms with Crippen LogP contribution in [-0.4, -0.2) is 65.0 Å². The van der Waals surface area contributed by atoms with Crippen LogP contribution >= 0.6 is 11.6 Å². The van der Waals surface area contributed by atoms with Gasteiger partial charge in [-0.3, -0.25) is 14.5 Å². The summed E-state index contributed by atoms with van der Waals surface area (Å²) in [6, 6.07) is 18.3. The molecule has 1 fully saturated rings. The molecule has 11 heteroatoms. The number of aromatic nitrogens is 2. The number of anilines is 2. The number of nitrogens with zero attached hydrogens (tertiary/aromatic N) is 4. The first kappa shape index (κ1) is 28.3. The molecule has 1 aromatic heterocycles. The summed E-state index contributed by atoms with van der Waals surface area (Å²) < 4.78 is 21.6. The topological polar surface area (TPSA) is 99.9 Å². The first-order chi connectivity index (χ1) is 19.8. The monoisotopic (exact) mass is 577 g/mol. The van der Waals surface area contributed by atoms with Gasteiger partial charge in [-0.15, -0.1) is 0 Å². The van der Waals surface area contributed by atoms with E-state index in [1.807, 2.05) is 0 Å². The quantitative estimate of drug-likeness (QED) is 0.317. The van der Waals surface area contributed by atoms with Crippen molar-refractivity contribution in [2.24, 2.45) is 0 Å². The molecule has 4 aromatic rings. The summed E-state index contributed by atoms with van der Waals surface area (Å²) in [5.74, 6) is -0.322. The number of rotatable bonds is 8. The van der Waals surface area contributed by atoms with E-state index in [1.165, 1.54) is 17.7 Å². The van der Waals surface area contributed by atoms with Crippen molar-refractivity contribution < 1.29 is 19.0 Å². The number of carbonyl (C=O) groups is 1. The molecule has 1 aliphatic heterocycles. The molecule has 0 aliphatic carbocycles. The zero-order chi connectivity index (χ0) is 28.9. The molecular formula is C30H29ClFN5O4. The Labute approximate surface area is 241 Å². The number of aliphatic hydroxyl groups is 1. The predicted molar refractivity (Wildman–Crippen MR) is 157 cm³/mol. The van der Waals surface area contributed by atoms with E-state index in [1.54, 1.807) is 66.9 Å². The van der Waals surface area contributed by atoms with Gasteiger partial charge in [-0.05, 0) is 59.7 Å². The zero-order valence-electron chi connectivity index (χ0n) is 22.4.